The molecule has 1 heterocycles. The number of hydrogen-bond donors (Lipinski definition) is 3. The lowest BCUT2D eigenvalue weighted by atomic mass is 10.2. The van der Waals surface area contributed by atoms with Crippen molar-refractivity contribution < 1.29 is 17.6 Å². The Labute approximate surface area is 112 Å². The van der Waals surface area contributed by atoms with Gasteiger partial charge in [-0.15, -0.1) is 0 Å². The molecule has 3 N–H and O–H groups in total. The van der Waals surface area contributed by atoms with Crippen molar-refractivity contribution >= 4 is 15.9 Å². The van der Waals surface area contributed by atoms with E-state index in [1.165, 1.54) is 13.1 Å². The van der Waals surface area contributed by atoms with Crippen LogP contribution in [-0.4, -0.2) is 41.0 Å². The van der Waals surface area contributed by atoms with Crippen LogP contribution in [0.1, 0.15) is 23.0 Å². The van der Waals surface area contributed by atoms with Crippen LogP contribution in [-0.2, 0) is 10.0 Å². The summed E-state index contributed by atoms with van der Waals surface area (Å²) in [5.74, 6) is -0.0773. The summed E-state index contributed by atoms with van der Waals surface area (Å²) in [6, 6.07) is 1.23. The second-order valence-electron chi connectivity index (χ2n) is 3.85. The highest BCUT2D eigenvalue weighted by Gasteiger charge is 2.22. The van der Waals surface area contributed by atoms with Crippen LogP contribution in [0.4, 0.5) is 0 Å². The molecule has 7 nitrogen and oxygen atoms in total. The van der Waals surface area contributed by atoms with Gasteiger partial charge >= 0.3 is 0 Å². The maximum Gasteiger partial charge on any atom is 0.273 e. The van der Waals surface area contributed by atoms with E-state index in [4.69, 9.17) is 4.42 Å². The molecule has 0 radical (unpaired) electrons. The predicted octanol–water partition coefficient (Wildman–Crippen LogP) is -0.165. The Morgan fingerprint density at radius 3 is 2.63 bits per heavy atom. The lowest BCUT2D eigenvalue weighted by Crippen LogP contribution is -2.31. The molecule has 0 bridgehead atoms. The molecule has 0 aliphatic heterocycles. The fourth-order valence-corrected chi connectivity index (χ4v) is 2.16. The standard InChI is InChI=1S/C11H19N3O4S/c1-4-13-5-6-14-11(15)9-7-10(18-8(9)2)19(16,17)12-3/h7,12-13H,4-6H2,1-3H3,(H,14,15). The number of aryl methyl sites for hydroxylation is 1. The Kier molecular flexibility index (Phi) is 5.52. The molecule has 0 unspecified atom stereocenters. The van der Waals surface area contributed by atoms with Gasteiger partial charge in [0.05, 0.1) is 5.56 Å². The zero-order chi connectivity index (χ0) is 14.5. The van der Waals surface area contributed by atoms with Gasteiger partial charge < -0.3 is 15.1 Å². The number of sulfonamides is 1. The lowest BCUT2D eigenvalue weighted by molar-refractivity contribution is 0.0952. The van der Waals surface area contributed by atoms with E-state index < -0.39 is 10.0 Å². The van der Waals surface area contributed by atoms with Gasteiger partial charge in [-0.2, -0.15) is 0 Å². The van der Waals surface area contributed by atoms with Crippen LogP contribution in [0.5, 0.6) is 0 Å². The average Bonchev–Trinajstić information content (AvgIpc) is 2.77. The molecular weight excluding hydrogens is 270 g/mol. The third kappa shape index (κ3) is 4.05. The molecule has 0 saturated heterocycles. The fourth-order valence-electron chi connectivity index (χ4n) is 1.45. The molecule has 8 heteroatoms. The summed E-state index contributed by atoms with van der Waals surface area (Å²) in [5.41, 5.74) is 0.227. The first kappa shape index (κ1) is 15.7. The van der Waals surface area contributed by atoms with Crippen molar-refractivity contribution in [3.63, 3.8) is 0 Å². The minimum atomic E-state index is -3.67. The lowest BCUT2D eigenvalue weighted by Gasteiger charge is -2.04. The molecule has 108 valence electrons. The van der Waals surface area contributed by atoms with Gasteiger partial charge in [0.2, 0.25) is 5.09 Å². The predicted molar refractivity (Wildman–Crippen MR) is 70.6 cm³/mol. The Bertz CT molecular complexity index is 536. The van der Waals surface area contributed by atoms with Crippen LogP contribution in [0.25, 0.3) is 0 Å². The van der Waals surface area contributed by atoms with Crippen LogP contribution < -0.4 is 15.4 Å². The second kappa shape index (κ2) is 6.69. The molecular formula is C11H19N3O4S. The highest BCUT2D eigenvalue weighted by atomic mass is 32.2. The molecule has 0 aromatic carbocycles. The van der Waals surface area contributed by atoms with E-state index in [0.717, 1.165) is 6.54 Å². The summed E-state index contributed by atoms with van der Waals surface area (Å²) in [7, 11) is -2.39. The highest BCUT2D eigenvalue weighted by Crippen LogP contribution is 2.18. The SMILES string of the molecule is CCNCCNC(=O)c1cc(S(=O)(=O)NC)oc1C. The second-order valence-corrected chi connectivity index (χ2v) is 5.67. The van der Waals surface area contributed by atoms with E-state index in [0.29, 0.717) is 13.1 Å². The molecule has 0 spiro atoms. The van der Waals surface area contributed by atoms with Crippen LogP contribution in [0, 0.1) is 6.92 Å². The van der Waals surface area contributed by atoms with Gasteiger partial charge in [0.25, 0.3) is 15.9 Å². The smallest absolute Gasteiger partial charge is 0.273 e. The van der Waals surface area contributed by atoms with E-state index >= 15 is 0 Å². The first-order valence-corrected chi connectivity index (χ1v) is 7.43. The van der Waals surface area contributed by atoms with Gasteiger partial charge in [0.1, 0.15) is 5.76 Å². The van der Waals surface area contributed by atoms with Crippen molar-refractivity contribution in [1.29, 1.82) is 0 Å². The first-order valence-electron chi connectivity index (χ1n) is 5.95. The number of carbonyl (C=O) groups excluding carboxylic acids is 1. The monoisotopic (exact) mass is 289 g/mol. The molecule has 1 aromatic heterocycles. The maximum absolute atomic E-state index is 11.8. The minimum Gasteiger partial charge on any atom is -0.448 e. The Morgan fingerprint density at radius 1 is 1.37 bits per heavy atom. The van der Waals surface area contributed by atoms with E-state index in [1.54, 1.807) is 6.92 Å². The topological polar surface area (TPSA) is 100 Å². The summed E-state index contributed by atoms with van der Waals surface area (Å²) < 4.78 is 30.3. The Morgan fingerprint density at radius 2 is 2.05 bits per heavy atom. The number of hydrogen-bond acceptors (Lipinski definition) is 5. The van der Waals surface area contributed by atoms with E-state index in [-0.39, 0.29) is 22.3 Å². The van der Waals surface area contributed by atoms with Gasteiger partial charge in [-0.05, 0) is 20.5 Å². The van der Waals surface area contributed by atoms with Gasteiger partial charge in [0.15, 0.2) is 0 Å². The molecule has 1 rings (SSSR count). The van der Waals surface area contributed by atoms with E-state index in [2.05, 4.69) is 15.4 Å². The van der Waals surface area contributed by atoms with Gasteiger partial charge in [-0.3, -0.25) is 4.79 Å². The fraction of sp³-hybridized carbons (Fsp3) is 0.545. The van der Waals surface area contributed by atoms with Crippen molar-refractivity contribution in [2.24, 2.45) is 0 Å². The molecule has 19 heavy (non-hydrogen) atoms. The van der Waals surface area contributed by atoms with Gasteiger partial charge in [-0.25, -0.2) is 13.1 Å². The zero-order valence-corrected chi connectivity index (χ0v) is 12.1. The summed E-state index contributed by atoms with van der Waals surface area (Å²) >= 11 is 0. The normalized spacial score (nSPS) is 11.5. The van der Waals surface area contributed by atoms with Crippen molar-refractivity contribution in [3.8, 4) is 0 Å². The minimum absolute atomic E-state index is 0.227. The zero-order valence-electron chi connectivity index (χ0n) is 11.2. The van der Waals surface area contributed by atoms with Crippen LogP contribution >= 0.6 is 0 Å². The van der Waals surface area contributed by atoms with Crippen LogP contribution in [0.3, 0.4) is 0 Å². The number of likely N-dealkylation sites (N-methyl/N-ethyl adjacent to an activating group) is 1. The summed E-state index contributed by atoms with van der Waals surface area (Å²) in [5, 5.41) is 5.49. The number of furan rings is 1. The van der Waals surface area contributed by atoms with Crippen LogP contribution in [0.15, 0.2) is 15.6 Å². The largest absolute Gasteiger partial charge is 0.448 e. The Hall–Kier alpha value is -1.38. The number of rotatable bonds is 7. The van der Waals surface area contributed by atoms with Gasteiger partial charge in [-0.1, -0.05) is 6.92 Å². The van der Waals surface area contributed by atoms with Crippen molar-refractivity contribution in [2.45, 2.75) is 18.9 Å². The summed E-state index contributed by atoms with van der Waals surface area (Å²) in [4.78, 5) is 11.8. The molecule has 0 fully saturated rings. The summed E-state index contributed by atoms with van der Waals surface area (Å²) in [6.07, 6.45) is 0. The van der Waals surface area contributed by atoms with Crippen LogP contribution in [0.2, 0.25) is 0 Å². The quantitative estimate of drug-likeness (QED) is 0.605. The molecule has 1 aromatic rings. The Balaban J connectivity index is 2.76. The van der Waals surface area contributed by atoms with Gasteiger partial charge in [0, 0.05) is 19.2 Å². The molecule has 0 aliphatic carbocycles. The maximum atomic E-state index is 11.8. The van der Waals surface area contributed by atoms with E-state index in [1.807, 2.05) is 6.92 Å². The highest BCUT2D eigenvalue weighted by molar-refractivity contribution is 7.89. The third-order valence-corrected chi connectivity index (χ3v) is 3.78. The number of amides is 1. The molecule has 1 amide bonds. The van der Waals surface area contributed by atoms with E-state index in [9.17, 15) is 13.2 Å². The average molecular weight is 289 g/mol. The summed E-state index contributed by atoms with van der Waals surface area (Å²) in [6.45, 7) is 5.46. The molecule has 0 saturated carbocycles. The third-order valence-electron chi connectivity index (χ3n) is 2.51. The van der Waals surface area contributed by atoms with Crippen molar-refractivity contribution in [2.75, 3.05) is 26.7 Å². The molecule has 0 aliphatic rings. The molecule has 0 atom stereocenters. The van der Waals surface area contributed by atoms with Crippen molar-refractivity contribution in [1.82, 2.24) is 15.4 Å². The first-order chi connectivity index (χ1) is 8.92. The van der Waals surface area contributed by atoms with Crippen molar-refractivity contribution in [3.05, 3.63) is 17.4 Å². The number of nitrogens with one attached hydrogen (secondary N) is 3. The number of carbonyl (C=O) groups is 1.